The van der Waals surface area contributed by atoms with Gasteiger partial charge in [-0.2, -0.15) is 5.10 Å². The fourth-order valence-electron chi connectivity index (χ4n) is 2.02. The van der Waals surface area contributed by atoms with Gasteiger partial charge in [0, 0.05) is 26.4 Å². The van der Waals surface area contributed by atoms with Crippen LogP contribution in [0, 0.1) is 0 Å². The second-order valence-electron chi connectivity index (χ2n) is 5.17. The average molecular weight is 273 g/mol. The van der Waals surface area contributed by atoms with E-state index in [2.05, 4.69) is 48.5 Å². The molecule has 0 fully saturated rings. The summed E-state index contributed by atoms with van der Waals surface area (Å²) in [6, 6.07) is 10.6. The van der Waals surface area contributed by atoms with Crippen molar-refractivity contribution in [3.8, 4) is 5.69 Å². The van der Waals surface area contributed by atoms with Gasteiger partial charge in [-0.1, -0.05) is 26.0 Å². The van der Waals surface area contributed by atoms with E-state index >= 15 is 0 Å². The van der Waals surface area contributed by atoms with Crippen LogP contribution in [-0.2, 0) is 11.3 Å². The molecule has 0 radical (unpaired) electrons. The van der Waals surface area contributed by atoms with Crippen molar-refractivity contribution in [1.29, 1.82) is 0 Å². The zero-order chi connectivity index (χ0) is 14.4. The van der Waals surface area contributed by atoms with E-state index in [9.17, 15) is 0 Å². The Morgan fingerprint density at radius 3 is 2.90 bits per heavy atom. The summed E-state index contributed by atoms with van der Waals surface area (Å²) in [6.45, 7) is 6.73. The molecular formula is C16H23N3O. The summed E-state index contributed by atoms with van der Waals surface area (Å²) in [5.41, 5.74) is 3.48. The van der Waals surface area contributed by atoms with E-state index in [1.807, 2.05) is 16.9 Å². The summed E-state index contributed by atoms with van der Waals surface area (Å²) in [7, 11) is 1.71. The number of hydrogen-bond donors (Lipinski definition) is 1. The lowest BCUT2D eigenvalue weighted by Crippen LogP contribution is -2.18. The topological polar surface area (TPSA) is 39.1 Å². The third-order valence-corrected chi connectivity index (χ3v) is 3.23. The fourth-order valence-corrected chi connectivity index (χ4v) is 2.02. The first-order valence-electron chi connectivity index (χ1n) is 7.05. The molecule has 4 nitrogen and oxygen atoms in total. The standard InChI is InChI=1S/C16H23N3O/c1-13(2)14-5-4-6-16(11-14)19-9-7-15(18-19)12-17-8-10-20-3/h4-7,9,11,13,17H,8,10,12H2,1-3H3. The van der Waals surface area contributed by atoms with Crippen LogP contribution in [0.1, 0.15) is 31.0 Å². The molecule has 20 heavy (non-hydrogen) atoms. The largest absolute Gasteiger partial charge is 0.383 e. The van der Waals surface area contributed by atoms with Crippen LogP contribution >= 0.6 is 0 Å². The second kappa shape index (κ2) is 7.22. The molecule has 2 aromatic rings. The van der Waals surface area contributed by atoms with Crippen LogP contribution in [0.4, 0.5) is 0 Å². The van der Waals surface area contributed by atoms with E-state index in [1.165, 1.54) is 5.56 Å². The highest BCUT2D eigenvalue weighted by atomic mass is 16.5. The van der Waals surface area contributed by atoms with Crippen molar-refractivity contribution in [3.05, 3.63) is 47.8 Å². The number of nitrogens with zero attached hydrogens (tertiary/aromatic N) is 2. The third-order valence-electron chi connectivity index (χ3n) is 3.23. The summed E-state index contributed by atoms with van der Waals surface area (Å²) < 4.78 is 6.93. The van der Waals surface area contributed by atoms with E-state index in [0.717, 1.165) is 31.1 Å². The summed E-state index contributed by atoms with van der Waals surface area (Å²) >= 11 is 0. The second-order valence-corrected chi connectivity index (χ2v) is 5.17. The number of rotatable bonds is 7. The molecule has 0 aliphatic rings. The zero-order valence-electron chi connectivity index (χ0n) is 12.5. The van der Waals surface area contributed by atoms with Crippen molar-refractivity contribution in [2.24, 2.45) is 0 Å². The molecule has 0 spiro atoms. The number of benzene rings is 1. The lowest BCUT2D eigenvalue weighted by molar-refractivity contribution is 0.199. The van der Waals surface area contributed by atoms with Gasteiger partial charge in [0.05, 0.1) is 18.0 Å². The van der Waals surface area contributed by atoms with Crippen molar-refractivity contribution in [2.45, 2.75) is 26.3 Å². The Morgan fingerprint density at radius 1 is 1.30 bits per heavy atom. The summed E-state index contributed by atoms with van der Waals surface area (Å²) in [5.74, 6) is 0.528. The quantitative estimate of drug-likeness (QED) is 0.788. The van der Waals surface area contributed by atoms with Crippen LogP contribution in [0.3, 0.4) is 0 Å². The van der Waals surface area contributed by atoms with Gasteiger partial charge < -0.3 is 10.1 Å². The minimum absolute atomic E-state index is 0.528. The number of ether oxygens (including phenoxy) is 1. The van der Waals surface area contributed by atoms with Crippen molar-refractivity contribution in [2.75, 3.05) is 20.3 Å². The van der Waals surface area contributed by atoms with Gasteiger partial charge in [-0.25, -0.2) is 4.68 Å². The Hall–Kier alpha value is -1.65. The summed E-state index contributed by atoms with van der Waals surface area (Å²) in [6.07, 6.45) is 2.01. The minimum atomic E-state index is 0.528. The molecule has 0 unspecified atom stereocenters. The molecule has 4 heteroatoms. The van der Waals surface area contributed by atoms with E-state index in [0.29, 0.717) is 5.92 Å². The van der Waals surface area contributed by atoms with E-state index < -0.39 is 0 Å². The van der Waals surface area contributed by atoms with Crippen molar-refractivity contribution >= 4 is 0 Å². The van der Waals surface area contributed by atoms with Crippen molar-refractivity contribution < 1.29 is 4.74 Å². The molecule has 0 bridgehead atoms. The van der Waals surface area contributed by atoms with Crippen LogP contribution < -0.4 is 5.32 Å². The maximum absolute atomic E-state index is 5.00. The number of methoxy groups -OCH3 is 1. The Bertz CT molecular complexity index is 534. The number of nitrogens with one attached hydrogen (secondary N) is 1. The Labute approximate surface area is 120 Å². The molecule has 0 aliphatic carbocycles. The highest BCUT2D eigenvalue weighted by Crippen LogP contribution is 2.17. The van der Waals surface area contributed by atoms with Gasteiger partial charge >= 0.3 is 0 Å². The third kappa shape index (κ3) is 3.92. The van der Waals surface area contributed by atoms with E-state index in [4.69, 9.17) is 4.74 Å². The minimum Gasteiger partial charge on any atom is -0.383 e. The maximum Gasteiger partial charge on any atom is 0.0766 e. The van der Waals surface area contributed by atoms with Gasteiger partial charge in [0.1, 0.15) is 0 Å². The predicted molar refractivity (Wildman–Crippen MR) is 81.2 cm³/mol. The van der Waals surface area contributed by atoms with Gasteiger partial charge in [0.15, 0.2) is 0 Å². The Morgan fingerprint density at radius 2 is 2.15 bits per heavy atom. The summed E-state index contributed by atoms with van der Waals surface area (Å²) in [4.78, 5) is 0. The maximum atomic E-state index is 5.00. The Kier molecular flexibility index (Phi) is 5.32. The molecule has 108 valence electrons. The molecule has 0 saturated heterocycles. The van der Waals surface area contributed by atoms with Crippen molar-refractivity contribution in [3.63, 3.8) is 0 Å². The van der Waals surface area contributed by atoms with E-state index in [1.54, 1.807) is 7.11 Å². The zero-order valence-corrected chi connectivity index (χ0v) is 12.5. The van der Waals surface area contributed by atoms with Gasteiger partial charge in [0.25, 0.3) is 0 Å². The molecular weight excluding hydrogens is 250 g/mol. The van der Waals surface area contributed by atoms with Gasteiger partial charge in [0.2, 0.25) is 0 Å². The monoisotopic (exact) mass is 273 g/mol. The lowest BCUT2D eigenvalue weighted by atomic mass is 10.0. The molecule has 0 aliphatic heterocycles. The predicted octanol–water partition coefficient (Wildman–Crippen LogP) is 2.73. The first kappa shape index (κ1) is 14.8. The molecule has 1 aromatic heterocycles. The SMILES string of the molecule is COCCNCc1ccn(-c2cccc(C(C)C)c2)n1. The van der Waals surface area contributed by atoms with Crippen LogP contribution in [-0.4, -0.2) is 30.0 Å². The Balaban J connectivity index is 2.03. The average Bonchev–Trinajstić information content (AvgIpc) is 2.92. The fraction of sp³-hybridized carbons (Fsp3) is 0.438. The van der Waals surface area contributed by atoms with E-state index in [-0.39, 0.29) is 0 Å². The van der Waals surface area contributed by atoms with Gasteiger partial charge in [-0.05, 0) is 29.7 Å². The van der Waals surface area contributed by atoms with Gasteiger partial charge in [-0.15, -0.1) is 0 Å². The molecule has 0 atom stereocenters. The van der Waals surface area contributed by atoms with Crippen LogP contribution in [0.5, 0.6) is 0 Å². The molecule has 1 N–H and O–H groups in total. The first-order valence-corrected chi connectivity index (χ1v) is 7.05. The lowest BCUT2D eigenvalue weighted by Gasteiger charge is -2.08. The number of aromatic nitrogens is 2. The smallest absolute Gasteiger partial charge is 0.0766 e. The van der Waals surface area contributed by atoms with Crippen LogP contribution in [0.2, 0.25) is 0 Å². The summed E-state index contributed by atoms with van der Waals surface area (Å²) in [5, 5.41) is 7.89. The molecule has 1 aromatic carbocycles. The van der Waals surface area contributed by atoms with Crippen LogP contribution in [0.15, 0.2) is 36.5 Å². The molecule has 0 amide bonds. The molecule has 1 heterocycles. The molecule has 0 saturated carbocycles. The van der Waals surface area contributed by atoms with Gasteiger partial charge in [-0.3, -0.25) is 0 Å². The highest BCUT2D eigenvalue weighted by Gasteiger charge is 2.04. The highest BCUT2D eigenvalue weighted by molar-refractivity contribution is 5.36. The molecule has 2 rings (SSSR count). The normalized spacial score (nSPS) is 11.2. The number of hydrogen-bond acceptors (Lipinski definition) is 3. The van der Waals surface area contributed by atoms with Crippen molar-refractivity contribution in [1.82, 2.24) is 15.1 Å². The van der Waals surface area contributed by atoms with Crippen LogP contribution in [0.25, 0.3) is 5.69 Å². The first-order chi connectivity index (χ1) is 9.70.